The molecule has 1 amide bonds. The molecular formula is C21H27F3N6O2S. The van der Waals surface area contributed by atoms with Crippen molar-refractivity contribution in [3.63, 3.8) is 0 Å². The second-order valence-electron chi connectivity index (χ2n) is 7.94. The Labute approximate surface area is 194 Å². The fourth-order valence-electron chi connectivity index (χ4n) is 4.08. The third-order valence-corrected chi connectivity index (χ3v) is 6.21. The van der Waals surface area contributed by atoms with Crippen LogP contribution in [0.4, 0.5) is 29.5 Å². The van der Waals surface area contributed by atoms with Crippen molar-refractivity contribution in [3.8, 4) is 0 Å². The van der Waals surface area contributed by atoms with Gasteiger partial charge in [-0.05, 0) is 23.8 Å². The quantitative estimate of drug-likeness (QED) is 0.654. The highest BCUT2D eigenvalue weighted by Crippen LogP contribution is 2.35. The Bertz CT molecular complexity index is 956. The highest BCUT2D eigenvalue weighted by Gasteiger charge is 2.34. The van der Waals surface area contributed by atoms with Crippen LogP contribution in [-0.4, -0.2) is 84.3 Å². The zero-order chi connectivity index (χ0) is 23.4. The first-order valence-electron chi connectivity index (χ1n) is 10.7. The van der Waals surface area contributed by atoms with E-state index in [0.717, 1.165) is 5.69 Å². The number of nitrogens with one attached hydrogen (secondary N) is 1. The lowest BCUT2D eigenvalue weighted by molar-refractivity contribution is -0.138. The van der Waals surface area contributed by atoms with Crippen molar-refractivity contribution >= 4 is 29.5 Å². The maximum absolute atomic E-state index is 13.7. The van der Waals surface area contributed by atoms with E-state index in [1.165, 1.54) is 22.7 Å². The molecule has 0 spiro atoms. The lowest BCUT2D eigenvalue weighted by Gasteiger charge is -2.35. The van der Waals surface area contributed by atoms with Gasteiger partial charge < -0.3 is 19.3 Å². The summed E-state index contributed by atoms with van der Waals surface area (Å²) >= 11 is 1.38. The molecule has 0 saturated carbocycles. The van der Waals surface area contributed by atoms with Crippen molar-refractivity contribution in [2.45, 2.75) is 12.7 Å². The van der Waals surface area contributed by atoms with E-state index < -0.39 is 11.7 Å². The van der Waals surface area contributed by atoms with Gasteiger partial charge in [-0.3, -0.25) is 4.90 Å². The Morgan fingerprint density at radius 3 is 2.52 bits per heavy atom. The van der Waals surface area contributed by atoms with Gasteiger partial charge in [0.05, 0.1) is 18.8 Å². The molecule has 2 fully saturated rings. The van der Waals surface area contributed by atoms with Crippen LogP contribution < -0.4 is 9.62 Å². The summed E-state index contributed by atoms with van der Waals surface area (Å²) in [5.41, 5.74) is 0.429. The van der Waals surface area contributed by atoms with Crippen LogP contribution in [0.3, 0.4) is 0 Å². The summed E-state index contributed by atoms with van der Waals surface area (Å²) < 4.78 is 50.6. The Balaban J connectivity index is 1.42. The Kier molecular flexibility index (Phi) is 7.35. The molecule has 2 aromatic rings. The number of alkyl halides is 3. The molecule has 1 N–H and O–H groups in total. The first-order valence-corrected chi connectivity index (χ1v) is 12.0. The monoisotopic (exact) mass is 484 g/mol. The number of benzene rings is 1. The molecule has 0 unspecified atom stereocenters. The second kappa shape index (κ2) is 10.2. The number of carbonyl (C=O) groups excluding carboxylic acids is 1. The molecule has 0 atom stereocenters. The van der Waals surface area contributed by atoms with Crippen LogP contribution in [0.2, 0.25) is 0 Å². The summed E-state index contributed by atoms with van der Waals surface area (Å²) in [4.78, 5) is 18.4. The van der Waals surface area contributed by atoms with Crippen LogP contribution in [0.5, 0.6) is 0 Å². The van der Waals surface area contributed by atoms with E-state index in [1.807, 2.05) is 16.1 Å². The van der Waals surface area contributed by atoms with Gasteiger partial charge in [-0.1, -0.05) is 11.9 Å². The number of aromatic nitrogens is 2. The van der Waals surface area contributed by atoms with Crippen molar-refractivity contribution in [2.24, 2.45) is 0 Å². The lowest BCUT2D eigenvalue weighted by atomic mass is 10.0. The first kappa shape index (κ1) is 23.7. The van der Waals surface area contributed by atoms with Crippen LogP contribution in [-0.2, 0) is 17.5 Å². The van der Waals surface area contributed by atoms with Crippen LogP contribution in [0, 0.1) is 0 Å². The first-order chi connectivity index (χ1) is 15.8. The van der Waals surface area contributed by atoms with Crippen LogP contribution >= 0.6 is 11.9 Å². The van der Waals surface area contributed by atoms with E-state index in [4.69, 9.17) is 4.74 Å². The number of hydrogen-bond donors (Lipinski definition) is 1. The number of halogens is 3. The van der Waals surface area contributed by atoms with Crippen LogP contribution in [0.25, 0.3) is 0 Å². The molecule has 0 bridgehead atoms. The minimum absolute atomic E-state index is 0.179. The minimum Gasteiger partial charge on any atom is -0.378 e. The molecule has 3 heterocycles. The summed E-state index contributed by atoms with van der Waals surface area (Å²) in [6.45, 7) is 4.46. The molecule has 1 aromatic heterocycles. The molecule has 1 aromatic carbocycles. The molecule has 0 radical (unpaired) electrons. The summed E-state index contributed by atoms with van der Waals surface area (Å²) in [5, 5.41) is 4.20. The third kappa shape index (κ3) is 5.74. The standard InChI is InChI=1S/C21H27F3N6O2S/c1-33-26-19-4-5-30(25-19)20(31)29-8-6-27(7-9-29)15-16-14-17(28-10-12-32-13-11-28)2-3-18(16)21(22,23)24/h2-5,14H,6-13,15H2,1H3,(H,25,26). The third-order valence-electron chi connectivity index (χ3n) is 5.80. The average molecular weight is 485 g/mol. The molecule has 8 nitrogen and oxygen atoms in total. The normalized spacial score (nSPS) is 17.9. The van der Waals surface area contributed by atoms with Gasteiger partial charge in [0.25, 0.3) is 0 Å². The number of ether oxygens (including phenoxy) is 1. The number of carbonyl (C=O) groups is 1. The molecule has 2 aliphatic rings. The molecule has 12 heteroatoms. The van der Waals surface area contributed by atoms with E-state index in [2.05, 4.69) is 9.82 Å². The van der Waals surface area contributed by atoms with Crippen molar-refractivity contribution in [1.82, 2.24) is 19.6 Å². The number of hydrogen-bond acceptors (Lipinski definition) is 7. The molecule has 2 aliphatic heterocycles. The average Bonchev–Trinajstić information content (AvgIpc) is 3.28. The van der Waals surface area contributed by atoms with Gasteiger partial charge in [0.15, 0.2) is 5.82 Å². The highest BCUT2D eigenvalue weighted by atomic mass is 32.2. The number of piperazine rings is 1. The number of nitrogens with zero attached hydrogens (tertiary/aromatic N) is 5. The number of rotatable bonds is 5. The largest absolute Gasteiger partial charge is 0.416 e. The van der Waals surface area contributed by atoms with Gasteiger partial charge in [-0.25, -0.2) is 4.79 Å². The number of morpholine rings is 1. The van der Waals surface area contributed by atoms with Gasteiger partial charge in [-0.2, -0.15) is 17.9 Å². The molecular weight excluding hydrogens is 457 g/mol. The maximum Gasteiger partial charge on any atom is 0.416 e. The Morgan fingerprint density at radius 1 is 1.12 bits per heavy atom. The molecule has 4 rings (SSSR count). The van der Waals surface area contributed by atoms with Gasteiger partial charge in [0, 0.05) is 70.0 Å². The van der Waals surface area contributed by atoms with E-state index in [0.29, 0.717) is 58.3 Å². The summed E-state index contributed by atoms with van der Waals surface area (Å²) in [5.74, 6) is 0.592. The Hall–Kier alpha value is -2.44. The predicted octanol–water partition coefficient (Wildman–Crippen LogP) is 3.21. The minimum atomic E-state index is -4.42. The number of amides is 1. The second-order valence-corrected chi connectivity index (χ2v) is 8.55. The van der Waals surface area contributed by atoms with Gasteiger partial charge >= 0.3 is 12.2 Å². The van der Waals surface area contributed by atoms with Crippen molar-refractivity contribution in [1.29, 1.82) is 0 Å². The van der Waals surface area contributed by atoms with E-state index in [-0.39, 0.29) is 18.1 Å². The summed E-state index contributed by atoms with van der Waals surface area (Å²) in [7, 11) is 0. The van der Waals surface area contributed by atoms with Crippen LogP contribution in [0.1, 0.15) is 11.1 Å². The van der Waals surface area contributed by atoms with E-state index >= 15 is 0 Å². The zero-order valence-corrected chi connectivity index (χ0v) is 19.2. The lowest BCUT2D eigenvalue weighted by Crippen LogP contribution is -2.49. The van der Waals surface area contributed by atoms with E-state index in [9.17, 15) is 18.0 Å². The molecule has 180 valence electrons. The maximum atomic E-state index is 13.7. The molecule has 33 heavy (non-hydrogen) atoms. The molecule has 2 saturated heterocycles. The SMILES string of the molecule is CSNc1ccn(C(=O)N2CCN(Cc3cc(N4CCOCC4)ccc3C(F)(F)F)CC2)n1. The topological polar surface area (TPSA) is 65.9 Å². The van der Waals surface area contributed by atoms with Gasteiger partial charge in [0.1, 0.15) is 0 Å². The number of anilines is 2. The fourth-order valence-corrected chi connectivity index (χ4v) is 4.40. The predicted molar refractivity (Wildman–Crippen MR) is 121 cm³/mol. The van der Waals surface area contributed by atoms with E-state index in [1.54, 1.807) is 29.3 Å². The summed E-state index contributed by atoms with van der Waals surface area (Å²) in [6, 6.07) is 5.84. The zero-order valence-electron chi connectivity index (χ0n) is 18.3. The smallest absolute Gasteiger partial charge is 0.378 e. The highest BCUT2D eigenvalue weighted by molar-refractivity contribution is 7.99. The Morgan fingerprint density at radius 2 is 1.85 bits per heavy atom. The van der Waals surface area contributed by atoms with Crippen molar-refractivity contribution < 1.29 is 22.7 Å². The van der Waals surface area contributed by atoms with Crippen molar-refractivity contribution in [3.05, 3.63) is 41.6 Å². The van der Waals surface area contributed by atoms with Crippen LogP contribution in [0.15, 0.2) is 30.5 Å². The fraction of sp³-hybridized carbons (Fsp3) is 0.524. The van der Waals surface area contributed by atoms with Gasteiger partial charge in [0.2, 0.25) is 0 Å². The molecule has 0 aliphatic carbocycles. The van der Waals surface area contributed by atoms with Crippen molar-refractivity contribution in [2.75, 3.05) is 68.4 Å². The van der Waals surface area contributed by atoms with Gasteiger partial charge in [-0.15, -0.1) is 5.10 Å². The summed E-state index contributed by atoms with van der Waals surface area (Å²) in [6.07, 6.45) is -0.958.